The largest absolute Gasteiger partial charge is 0.361 e. The number of hydrogen-bond acceptors (Lipinski definition) is 3. The molecule has 1 amide bonds. The van der Waals surface area contributed by atoms with Gasteiger partial charge in [-0.1, -0.05) is 16.8 Å². The zero-order chi connectivity index (χ0) is 15.0. The van der Waals surface area contributed by atoms with E-state index in [4.69, 9.17) is 16.1 Å². The minimum atomic E-state index is 0.0765. The lowest BCUT2D eigenvalue weighted by atomic mass is 10.0. The molecule has 1 aliphatic rings. The number of aromatic nitrogens is 1. The third kappa shape index (κ3) is 2.68. The third-order valence-electron chi connectivity index (χ3n) is 3.97. The van der Waals surface area contributed by atoms with Gasteiger partial charge in [0.25, 0.3) is 0 Å². The molecule has 0 saturated carbocycles. The fourth-order valence-electron chi connectivity index (χ4n) is 2.83. The van der Waals surface area contributed by atoms with Gasteiger partial charge in [0.2, 0.25) is 5.91 Å². The van der Waals surface area contributed by atoms with E-state index < -0.39 is 0 Å². The van der Waals surface area contributed by atoms with E-state index in [9.17, 15) is 4.79 Å². The molecule has 3 rings (SSSR count). The first kappa shape index (κ1) is 14.1. The van der Waals surface area contributed by atoms with Gasteiger partial charge in [-0.3, -0.25) is 4.79 Å². The Morgan fingerprint density at radius 3 is 2.95 bits per heavy atom. The lowest BCUT2D eigenvalue weighted by molar-refractivity contribution is -0.118. The van der Waals surface area contributed by atoms with Crippen LogP contribution in [0, 0.1) is 13.8 Å². The van der Waals surface area contributed by atoms with E-state index in [0.717, 1.165) is 41.9 Å². The van der Waals surface area contributed by atoms with E-state index in [0.29, 0.717) is 17.2 Å². The molecule has 110 valence electrons. The van der Waals surface area contributed by atoms with Crippen molar-refractivity contribution in [2.24, 2.45) is 0 Å². The summed E-state index contributed by atoms with van der Waals surface area (Å²) in [4.78, 5) is 14.5. The Balaban J connectivity index is 1.87. The standard InChI is InChI=1S/C16H17ClN2O2/c1-10-14(11(2)21-18-10)9-16(20)19-7-3-4-12-8-13(17)5-6-15(12)19/h5-6,8H,3-4,7,9H2,1-2H3. The lowest BCUT2D eigenvalue weighted by Crippen LogP contribution is -2.36. The van der Waals surface area contributed by atoms with Crippen LogP contribution in [0.25, 0.3) is 0 Å². The van der Waals surface area contributed by atoms with Crippen LogP contribution in [0.4, 0.5) is 5.69 Å². The van der Waals surface area contributed by atoms with E-state index in [2.05, 4.69) is 5.16 Å². The predicted molar refractivity (Wildman–Crippen MR) is 81.8 cm³/mol. The maximum Gasteiger partial charge on any atom is 0.231 e. The first-order valence-electron chi connectivity index (χ1n) is 7.07. The molecule has 0 fully saturated rings. The molecule has 2 aromatic rings. The first-order valence-corrected chi connectivity index (χ1v) is 7.44. The highest BCUT2D eigenvalue weighted by Gasteiger charge is 2.24. The monoisotopic (exact) mass is 304 g/mol. The van der Waals surface area contributed by atoms with Gasteiger partial charge in [0.05, 0.1) is 12.1 Å². The molecule has 0 unspecified atom stereocenters. The number of halogens is 1. The molecule has 1 aromatic carbocycles. The highest BCUT2D eigenvalue weighted by Crippen LogP contribution is 2.30. The maximum atomic E-state index is 12.6. The SMILES string of the molecule is Cc1noc(C)c1CC(=O)N1CCCc2cc(Cl)ccc21. The number of benzene rings is 1. The van der Waals surface area contributed by atoms with Crippen LogP contribution in [-0.2, 0) is 17.6 Å². The van der Waals surface area contributed by atoms with E-state index >= 15 is 0 Å². The van der Waals surface area contributed by atoms with Crippen LogP contribution in [0.2, 0.25) is 5.02 Å². The Kier molecular flexibility index (Phi) is 3.72. The Morgan fingerprint density at radius 2 is 2.24 bits per heavy atom. The van der Waals surface area contributed by atoms with Gasteiger partial charge in [0, 0.05) is 22.8 Å². The Hall–Kier alpha value is -1.81. The molecule has 4 nitrogen and oxygen atoms in total. The number of carbonyl (C=O) groups excluding carboxylic acids is 1. The number of rotatable bonds is 2. The minimum Gasteiger partial charge on any atom is -0.361 e. The van der Waals surface area contributed by atoms with Crippen molar-refractivity contribution >= 4 is 23.2 Å². The fraction of sp³-hybridized carbons (Fsp3) is 0.375. The fourth-order valence-corrected chi connectivity index (χ4v) is 3.02. The van der Waals surface area contributed by atoms with E-state index in [-0.39, 0.29) is 5.91 Å². The molecule has 21 heavy (non-hydrogen) atoms. The smallest absolute Gasteiger partial charge is 0.231 e. The molecule has 0 saturated heterocycles. The summed E-state index contributed by atoms with van der Waals surface area (Å²) in [6.07, 6.45) is 2.24. The minimum absolute atomic E-state index is 0.0765. The molecule has 1 aromatic heterocycles. The Morgan fingerprint density at radius 1 is 1.43 bits per heavy atom. The number of aryl methyl sites for hydroxylation is 3. The van der Waals surface area contributed by atoms with Gasteiger partial charge in [-0.15, -0.1) is 0 Å². The zero-order valence-corrected chi connectivity index (χ0v) is 12.9. The summed E-state index contributed by atoms with van der Waals surface area (Å²) >= 11 is 6.04. The summed E-state index contributed by atoms with van der Waals surface area (Å²) in [5, 5.41) is 4.62. The molecule has 2 heterocycles. The van der Waals surface area contributed by atoms with E-state index in [1.54, 1.807) is 0 Å². The lowest BCUT2D eigenvalue weighted by Gasteiger charge is -2.29. The van der Waals surface area contributed by atoms with Crippen molar-refractivity contribution in [2.45, 2.75) is 33.1 Å². The van der Waals surface area contributed by atoms with Crippen molar-refractivity contribution in [3.05, 3.63) is 45.8 Å². The van der Waals surface area contributed by atoms with Crippen LogP contribution in [-0.4, -0.2) is 17.6 Å². The van der Waals surface area contributed by atoms with E-state index in [1.807, 2.05) is 36.9 Å². The number of nitrogens with zero attached hydrogens (tertiary/aromatic N) is 2. The van der Waals surface area contributed by atoms with Crippen molar-refractivity contribution in [1.29, 1.82) is 0 Å². The van der Waals surface area contributed by atoms with Crippen molar-refractivity contribution in [1.82, 2.24) is 5.16 Å². The summed E-state index contributed by atoms with van der Waals surface area (Å²) in [5.41, 5.74) is 3.79. The van der Waals surface area contributed by atoms with Crippen LogP contribution in [0.5, 0.6) is 0 Å². The van der Waals surface area contributed by atoms with Gasteiger partial charge < -0.3 is 9.42 Å². The summed E-state index contributed by atoms with van der Waals surface area (Å²) in [7, 11) is 0. The molecular weight excluding hydrogens is 288 g/mol. The molecular formula is C16H17ClN2O2. The van der Waals surface area contributed by atoms with Crippen molar-refractivity contribution in [2.75, 3.05) is 11.4 Å². The van der Waals surface area contributed by atoms with Gasteiger partial charge in [-0.2, -0.15) is 0 Å². The molecule has 0 aliphatic carbocycles. The number of carbonyl (C=O) groups is 1. The number of anilines is 1. The first-order chi connectivity index (χ1) is 10.1. The molecule has 5 heteroatoms. The molecule has 0 N–H and O–H groups in total. The Bertz CT molecular complexity index is 674. The van der Waals surface area contributed by atoms with Crippen molar-refractivity contribution < 1.29 is 9.32 Å². The number of hydrogen-bond donors (Lipinski definition) is 0. The molecule has 0 atom stereocenters. The zero-order valence-electron chi connectivity index (χ0n) is 12.1. The second kappa shape index (κ2) is 5.53. The average molecular weight is 305 g/mol. The van der Waals surface area contributed by atoms with Crippen LogP contribution in [0.15, 0.2) is 22.7 Å². The van der Waals surface area contributed by atoms with Crippen molar-refractivity contribution in [3.63, 3.8) is 0 Å². The van der Waals surface area contributed by atoms with E-state index in [1.165, 1.54) is 0 Å². The third-order valence-corrected chi connectivity index (χ3v) is 4.21. The van der Waals surface area contributed by atoms with Crippen LogP contribution in [0.3, 0.4) is 0 Å². The van der Waals surface area contributed by atoms with Crippen LogP contribution < -0.4 is 4.90 Å². The molecule has 0 bridgehead atoms. The van der Waals surface area contributed by atoms with Gasteiger partial charge >= 0.3 is 0 Å². The van der Waals surface area contributed by atoms with Gasteiger partial charge in [0.1, 0.15) is 5.76 Å². The summed E-state index contributed by atoms with van der Waals surface area (Å²) < 4.78 is 5.13. The highest BCUT2D eigenvalue weighted by molar-refractivity contribution is 6.30. The Labute approximate surface area is 128 Å². The van der Waals surface area contributed by atoms with Gasteiger partial charge in [-0.25, -0.2) is 0 Å². The maximum absolute atomic E-state index is 12.6. The molecule has 1 aliphatic heterocycles. The summed E-state index contributed by atoms with van der Waals surface area (Å²) in [5.74, 6) is 0.793. The molecule has 0 radical (unpaired) electrons. The topological polar surface area (TPSA) is 46.3 Å². The summed E-state index contributed by atoms with van der Waals surface area (Å²) in [6, 6.07) is 5.72. The number of amides is 1. The second-order valence-corrected chi connectivity index (χ2v) is 5.84. The van der Waals surface area contributed by atoms with Crippen molar-refractivity contribution in [3.8, 4) is 0 Å². The average Bonchev–Trinajstić information content (AvgIpc) is 2.78. The number of fused-ring (bicyclic) bond motifs is 1. The molecule has 0 spiro atoms. The summed E-state index contributed by atoms with van der Waals surface area (Å²) in [6.45, 7) is 4.45. The van der Waals surface area contributed by atoms with Gasteiger partial charge in [0.15, 0.2) is 0 Å². The normalized spacial score (nSPS) is 14.1. The van der Waals surface area contributed by atoms with Crippen LogP contribution in [0.1, 0.15) is 29.0 Å². The predicted octanol–water partition coefficient (Wildman–Crippen LogP) is 3.47. The van der Waals surface area contributed by atoms with Gasteiger partial charge in [-0.05, 0) is 50.5 Å². The van der Waals surface area contributed by atoms with Crippen LogP contribution >= 0.6 is 11.6 Å². The second-order valence-electron chi connectivity index (χ2n) is 5.40. The quantitative estimate of drug-likeness (QED) is 0.853. The highest BCUT2D eigenvalue weighted by atomic mass is 35.5.